The van der Waals surface area contributed by atoms with E-state index >= 15 is 0 Å². The summed E-state index contributed by atoms with van der Waals surface area (Å²) >= 11 is 3.19. The summed E-state index contributed by atoms with van der Waals surface area (Å²) in [7, 11) is 0. The largest absolute Gasteiger partial charge is 0.480 e. The number of aliphatic carboxylic acids is 2. The van der Waals surface area contributed by atoms with Crippen molar-refractivity contribution in [2.24, 2.45) is 5.73 Å². The fraction of sp³-hybridized carbons (Fsp3) is 0.833. The summed E-state index contributed by atoms with van der Waals surface area (Å²) in [5.41, 5.74) is 5.51. The maximum Gasteiger partial charge on any atom is 0.321 e. The molecule has 0 amide bonds. The number of thioether (sulfide) groups is 2. The normalized spacial score (nSPS) is 25.3. The third-order valence-corrected chi connectivity index (χ3v) is 5.77. The van der Waals surface area contributed by atoms with Crippen molar-refractivity contribution in [2.45, 2.75) is 48.9 Å². The molecule has 1 saturated heterocycles. The monoisotopic (exact) mass is 322 g/mol. The molecular weight excluding hydrogens is 300 g/mol. The molecule has 1 aliphatic heterocycles. The van der Waals surface area contributed by atoms with Crippen molar-refractivity contribution < 1.29 is 19.8 Å². The fourth-order valence-electron chi connectivity index (χ4n) is 1.95. The molecule has 1 fully saturated rings. The molecule has 1 heterocycles. The lowest BCUT2D eigenvalue weighted by molar-refractivity contribution is -0.139. The predicted molar refractivity (Wildman–Crippen MR) is 82.2 cm³/mol. The number of hydrogen-bond acceptors (Lipinski definition) is 6. The molecule has 20 heavy (non-hydrogen) atoms. The van der Waals surface area contributed by atoms with Gasteiger partial charge in [0.25, 0.3) is 0 Å². The summed E-state index contributed by atoms with van der Waals surface area (Å²) in [4.78, 5) is 21.6. The van der Waals surface area contributed by atoms with E-state index in [0.29, 0.717) is 16.8 Å². The molecule has 0 aromatic carbocycles. The van der Waals surface area contributed by atoms with Gasteiger partial charge >= 0.3 is 11.9 Å². The Morgan fingerprint density at radius 3 is 2.70 bits per heavy atom. The van der Waals surface area contributed by atoms with Crippen LogP contribution in [-0.4, -0.2) is 56.4 Å². The van der Waals surface area contributed by atoms with E-state index in [-0.39, 0.29) is 5.37 Å². The van der Waals surface area contributed by atoms with E-state index < -0.39 is 24.0 Å². The molecule has 2 unspecified atom stereocenters. The summed E-state index contributed by atoms with van der Waals surface area (Å²) in [6, 6.07) is -1.31. The van der Waals surface area contributed by atoms with Crippen molar-refractivity contribution in [2.75, 3.05) is 11.5 Å². The minimum Gasteiger partial charge on any atom is -0.480 e. The van der Waals surface area contributed by atoms with Gasteiger partial charge in [-0.3, -0.25) is 14.9 Å². The van der Waals surface area contributed by atoms with Crippen molar-refractivity contribution in [3.8, 4) is 0 Å². The second-order valence-corrected chi connectivity index (χ2v) is 7.37. The average molecular weight is 322 g/mol. The van der Waals surface area contributed by atoms with Gasteiger partial charge in [0.15, 0.2) is 0 Å². The maximum absolute atomic E-state index is 10.9. The molecule has 0 radical (unpaired) electrons. The first-order valence-corrected chi connectivity index (χ1v) is 8.74. The molecular formula is C12H22N2O4S2. The van der Waals surface area contributed by atoms with Crippen molar-refractivity contribution >= 4 is 35.5 Å². The molecule has 4 atom stereocenters. The molecule has 1 rings (SSSR count). The van der Waals surface area contributed by atoms with Gasteiger partial charge in [-0.15, -0.1) is 11.8 Å². The summed E-state index contributed by atoms with van der Waals surface area (Å²) in [5, 5.41) is 21.3. The van der Waals surface area contributed by atoms with Crippen LogP contribution in [0.15, 0.2) is 0 Å². The zero-order valence-electron chi connectivity index (χ0n) is 11.4. The second kappa shape index (κ2) is 8.76. The van der Waals surface area contributed by atoms with Crippen LogP contribution in [0.5, 0.6) is 0 Å². The van der Waals surface area contributed by atoms with Gasteiger partial charge in [0.05, 0.1) is 5.37 Å². The highest BCUT2D eigenvalue weighted by Crippen LogP contribution is 2.29. The standard InChI is InChI=1S/C12H22N2O4S2/c1-2-3-7(19-5-8(13)11(15)16)4-10-14-9(6-20-10)12(17)18/h7-10,14H,2-6,13H2,1H3,(H,15,16)(H,17,18)/t7?,8-,9-,10?/m0/s1. The lowest BCUT2D eigenvalue weighted by atomic mass is 10.2. The highest BCUT2D eigenvalue weighted by Gasteiger charge is 2.31. The van der Waals surface area contributed by atoms with Gasteiger partial charge in [0, 0.05) is 16.8 Å². The van der Waals surface area contributed by atoms with Crippen LogP contribution in [0.1, 0.15) is 26.2 Å². The quantitative estimate of drug-likeness (QED) is 0.493. The van der Waals surface area contributed by atoms with Gasteiger partial charge in [0.2, 0.25) is 0 Å². The number of carboxylic acid groups (broad SMARTS) is 2. The SMILES string of the molecule is CCCC(CC1N[C@H](C(=O)O)CS1)SC[C@H](N)C(=O)O. The molecule has 0 aromatic rings. The Hall–Kier alpha value is -0.440. The van der Waals surface area contributed by atoms with E-state index in [0.717, 1.165) is 19.3 Å². The molecule has 0 spiro atoms. The molecule has 5 N–H and O–H groups in total. The smallest absolute Gasteiger partial charge is 0.321 e. The van der Waals surface area contributed by atoms with Crippen LogP contribution in [-0.2, 0) is 9.59 Å². The van der Waals surface area contributed by atoms with Crippen molar-refractivity contribution in [3.63, 3.8) is 0 Å². The van der Waals surface area contributed by atoms with Crippen LogP contribution in [0, 0.1) is 0 Å². The predicted octanol–water partition coefficient (Wildman–Crippen LogP) is 0.806. The molecule has 0 bridgehead atoms. The first kappa shape index (κ1) is 17.6. The van der Waals surface area contributed by atoms with Crippen LogP contribution < -0.4 is 11.1 Å². The summed E-state index contributed by atoms with van der Waals surface area (Å²) in [5.74, 6) is -0.822. The Kier molecular flexibility index (Phi) is 7.71. The highest BCUT2D eigenvalue weighted by atomic mass is 32.2. The Labute approximate surface area is 127 Å². The van der Waals surface area contributed by atoms with E-state index in [1.807, 2.05) is 0 Å². The molecule has 0 aliphatic carbocycles. The van der Waals surface area contributed by atoms with Crippen LogP contribution in [0.3, 0.4) is 0 Å². The Morgan fingerprint density at radius 1 is 1.50 bits per heavy atom. The Morgan fingerprint density at radius 2 is 2.20 bits per heavy atom. The van der Waals surface area contributed by atoms with E-state index in [1.54, 1.807) is 23.5 Å². The van der Waals surface area contributed by atoms with Gasteiger partial charge in [-0.05, 0) is 12.8 Å². The number of rotatable bonds is 9. The number of nitrogens with two attached hydrogens (primary N) is 1. The minimum atomic E-state index is -0.980. The summed E-state index contributed by atoms with van der Waals surface area (Å²) in [6.45, 7) is 2.08. The third kappa shape index (κ3) is 5.90. The van der Waals surface area contributed by atoms with Crippen molar-refractivity contribution in [1.82, 2.24) is 5.32 Å². The van der Waals surface area contributed by atoms with Crippen LogP contribution >= 0.6 is 23.5 Å². The summed E-state index contributed by atoms with van der Waals surface area (Å²) in [6.07, 6.45) is 2.83. The topological polar surface area (TPSA) is 113 Å². The lowest BCUT2D eigenvalue weighted by Gasteiger charge is -2.20. The molecule has 1 aliphatic rings. The van der Waals surface area contributed by atoms with Crippen molar-refractivity contribution in [3.05, 3.63) is 0 Å². The number of hydrogen-bond donors (Lipinski definition) is 4. The maximum atomic E-state index is 10.9. The summed E-state index contributed by atoms with van der Waals surface area (Å²) < 4.78 is 0. The van der Waals surface area contributed by atoms with Crippen LogP contribution in [0.25, 0.3) is 0 Å². The second-order valence-electron chi connectivity index (χ2n) is 4.80. The van der Waals surface area contributed by atoms with Gasteiger partial charge < -0.3 is 15.9 Å². The van der Waals surface area contributed by atoms with Crippen molar-refractivity contribution in [1.29, 1.82) is 0 Å². The van der Waals surface area contributed by atoms with Gasteiger partial charge in [-0.25, -0.2) is 0 Å². The number of carboxylic acids is 2. The Balaban J connectivity index is 2.39. The third-order valence-electron chi connectivity index (χ3n) is 3.07. The average Bonchev–Trinajstić information content (AvgIpc) is 2.84. The van der Waals surface area contributed by atoms with Crippen LogP contribution in [0.2, 0.25) is 0 Å². The first-order valence-electron chi connectivity index (χ1n) is 6.64. The van der Waals surface area contributed by atoms with E-state index in [4.69, 9.17) is 15.9 Å². The van der Waals surface area contributed by atoms with Gasteiger partial charge in [-0.1, -0.05) is 13.3 Å². The van der Waals surface area contributed by atoms with E-state index in [1.165, 1.54) is 0 Å². The van der Waals surface area contributed by atoms with E-state index in [9.17, 15) is 9.59 Å². The zero-order chi connectivity index (χ0) is 15.1. The molecule has 0 saturated carbocycles. The zero-order valence-corrected chi connectivity index (χ0v) is 13.1. The Bertz CT molecular complexity index is 343. The number of carbonyl (C=O) groups is 2. The highest BCUT2D eigenvalue weighted by molar-refractivity contribution is 8.01. The first-order chi connectivity index (χ1) is 9.43. The van der Waals surface area contributed by atoms with Crippen LogP contribution in [0.4, 0.5) is 0 Å². The molecule has 0 aromatic heterocycles. The molecule has 8 heteroatoms. The lowest BCUT2D eigenvalue weighted by Crippen LogP contribution is -2.38. The molecule has 116 valence electrons. The van der Waals surface area contributed by atoms with E-state index in [2.05, 4.69) is 12.2 Å². The van der Waals surface area contributed by atoms with Gasteiger partial charge in [-0.2, -0.15) is 11.8 Å². The number of nitrogens with one attached hydrogen (secondary N) is 1. The molecule has 6 nitrogen and oxygen atoms in total. The fourth-order valence-corrected chi connectivity index (χ4v) is 4.72. The van der Waals surface area contributed by atoms with Gasteiger partial charge in [0.1, 0.15) is 12.1 Å². The minimum absolute atomic E-state index is 0.126.